The molecule has 0 spiro atoms. The van der Waals surface area contributed by atoms with Crippen molar-refractivity contribution in [1.29, 1.82) is 0 Å². The van der Waals surface area contributed by atoms with E-state index in [0.29, 0.717) is 5.56 Å². The van der Waals surface area contributed by atoms with Crippen LogP contribution in [0.2, 0.25) is 0 Å². The number of amides is 1. The third kappa shape index (κ3) is 4.49. The van der Waals surface area contributed by atoms with Gasteiger partial charge in [-0.25, -0.2) is 12.8 Å². The Kier molecular flexibility index (Phi) is 4.19. The minimum absolute atomic E-state index is 0.112. The van der Waals surface area contributed by atoms with E-state index in [4.69, 9.17) is 11.5 Å². The molecule has 0 atom stereocenters. The van der Waals surface area contributed by atoms with Crippen LogP contribution < -0.4 is 11.5 Å². The highest BCUT2D eigenvalue weighted by molar-refractivity contribution is 7.91. The van der Waals surface area contributed by atoms with Crippen molar-refractivity contribution in [2.45, 2.75) is 12.3 Å². The number of carbonyl (C=O) groups is 1. The van der Waals surface area contributed by atoms with Crippen LogP contribution in [0.15, 0.2) is 18.2 Å². The number of carbonyl (C=O) groups excluding carboxylic acids is 1. The van der Waals surface area contributed by atoms with Crippen molar-refractivity contribution in [1.82, 2.24) is 0 Å². The minimum Gasteiger partial charge on any atom is -0.369 e. The van der Waals surface area contributed by atoms with Gasteiger partial charge in [0.05, 0.1) is 5.75 Å². The molecule has 0 bridgehead atoms. The molecule has 7 heteroatoms. The minimum atomic E-state index is -3.66. The standard InChI is InChI=1S/C10H13FN2O3S/c11-9-2-7(4-12)1-8(3-9)5-17(15,16)6-10(13)14/h1-3H,4-6,12H2,(H2,13,14). The van der Waals surface area contributed by atoms with Gasteiger partial charge in [0.2, 0.25) is 5.91 Å². The van der Waals surface area contributed by atoms with Crippen LogP contribution in [0.3, 0.4) is 0 Å². The van der Waals surface area contributed by atoms with Crippen LogP contribution in [0, 0.1) is 5.82 Å². The van der Waals surface area contributed by atoms with Crippen molar-refractivity contribution >= 4 is 15.7 Å². The van der Waals surface area contributed by atoms with Gasteiger partial charge >= 0.3 is 0 Å². The number of nitrogens with two attached hydrogens (primary N) is 2. The Morgan fingerprint density at radius 3 is 2.35 bits per heavy atom. The SMILES string of the molecule is NCc1cc(F)cc(CS(=O)(=O)CC(N)=O)c1. The molecule has 0 heterocycles. The predicted octanol–water partition coefficient (Wildman–Crippen LogP) is -0.315. The lowest BCUT2D eigenvalue weighted by Crippen LogP contribution is -2.24. The molecule has 1 aromatic carbocycles. The van der Waals surface area contributed by atoms with E-state index in [9.17, 15) is 17.6 Å². The molecular weight excluding hydrogens is 247 g/mol. The second kappa shape index (κ2) is 5.24. The number of halogens is 1. The third-order valence-electron chi connectivity index (χ3n) is 2.00. The highest BCUT2D eigenvalue weighted by Crippen LogP contribution is 2.12. The van der Waals surface area contributed by atoms with E-state index in [1.54, 1.807) is 0 Å². The van der Waals surface area contributed by atoms with Crippen LogP contribution in [0.1, 0.15) is 11.1 Å². The van der Waals surface area contributed by atoms with Crippen molar-refractivity contribution in [2.24, 2.45) is 11.5 Å². The maximum atomic E-state index is 13.1. The van der Waals surface area contributed by atoms with Crippen molar-refractivity contribution in [3.8, 4) is 0 Å². The third-order valence-corrected chi connectivity index (χ3v) is 3.50. The Hall–Kier alpha value is -1.47. The topological polar surface area (TPSA) is 103 Å². The summed E-state index contributed by atoms with van der Waals surface area (Å²) < 4.78 is 36.0. The van der Waals surface area contributed by atoms with E-state index in [2.05, 4.69) is 0 Å². The number of sulfone groups is 1. The Morgan fingerprint density at radius 1 is 1.24 bits per heavy atom. The van der Waals surface area contributed by atoms with Gasteiger partial charge in [-0.1, -0.05) is 6.07 Å². The van der Waals surface area contributed by atoms with E-state index in [0.717, 1.165) is 6.07 Å². The van der Waals surface area contributed by atoms with Gasteiger partial charge in [-0.05, 0) is 23.3 Å². The fourth-order valence-electron chi connectivity index (χ4n) is 1.44. The first kappa shape index (κ1) is 13.6. The molecule has 0 aromatic heterocycles. The van der Waals surface area contributed by atoms with Gasteiger partial charge in [0.25, 0.3) is 0 Å². The lowest BCUT2D eigenvalue weighted by Gasteiger charge is -2.05. The second-order valence-electron chi connectivity index (χ2n) is 3.67. The molecule has 5 nitrogen and oxygen atoms in total. The summed E-state index contributed by atoms with van der Waals surface area (Å²) in [7, 11) is -3.66. The summed E-state index contributed by atoms with van der Waals surface area (Å²) in [5.41, 5.74) is 10.9. The predicted molar refractivity (Wildman–Crippen MR) is 61.0 cm³/mol. The first-order valence-corrected chi connectivity index (χ1v) is 6.61. The quantitative estimate of drug-likeness (QED) is 0.757. The molecule has 0 saturated carbocycles. The van der Waals surface area contributed by atoms with Gasteiger partial charge in [-0.2, -0.15) is 0 Å². The van der Waals surface area contributed by atoms with Gasteiger partial charge in [0.15, 0.2) is 9.84 Å². The van der Waals surface area contributed by atoms with E-state index in [1.807, 2.05) is 0 Å². The number of hydrogen-bond donors (Lipinski definition) is 2. The monoisotopic (exact) mass is 260 g/mol. The highest BCUT2D eigenvalue weighted by atomic mass is 32.2. The highest BCUT2D eigenvalue weighted by Gasteiger charge is 2.16. The van der Waals surface area contributed by atoms with E-state index >= 15 is 0 Å². The molecule has 0 unspecified atom stereocenters. The van der Waals surface area contributed by atoms with E-state index in [-0.39, 0.29) is 12.1 Å². The van der Waals surface area contributed by atoms with Crippen molar-refractivity contribution in [2.75, 3.05) is 5.75 Å². The van der Waals surface area contributed by atoms with Crippen LogP contribution in [-0.2, 0) is 26.9 Å². The fraction of sp³-hybridized carbons (Fsp3) is 0.300. The maximum Gasteiger partial charge on any atom is 0.232 e. The van der Waals surface area contributed by atoms with E-state index < -0.39 is 33.1 Å². The summed E-state index contributed by atoms with van der Waals surface area (Å²) in [5.74, 6) is -2.67. The van der Waals surface area contributed by atoms with Gasteiger partial charge < -0.3 is 11.5 Å². The second-order valence-corrected chi connectivity index (χ2v) is 5.73. The summed E-state index contributed by atoms with van der Waals surface area (Å²) in [6.45, 7) is 0.112. The van der Waals surface area contributed by atoms with Crippen LogP contribution in [0.4, 0.5) is 4.39 Å². The summed E-state index contributed by atoms with van der Waals surface area (Å²) in [6.07, 6.45) is 0. The zero-order chi connectivity index (χ0) is 13.1. The van der Waals surface area contributed by atoms with Crippen molar-refractivity contribution < 1.29 is 17.6 Å². The van der Waals surface area contributed by atoms with E-state index in [1.165, 1.54) is 12.1 Å². The molecule has 17 heavy (non-hydrogen) atoms. The van der Waals surface area contributed by atoms with Crippen molar-refractivity contribution in [3.05, 3.63) is 35.1 Å². The molecule has 0 aliphatic rings. The molecule has 0 saturated heterocycles. The van der Waals surface area contributed by atoms with Crippen LogP contribution >= 0.6 is 0 Å². The number of rotatable bonds is 5. The lowest BCUT2D eigenvalue weighted by atomic mass is 10.1. The Bertz CT molecular complexity index is 528. The summed E-state index contributed by atoms with van der Waals surface area (Å²) in [5, 5.41) is 0. The molecule has 0 fully saturated rings. The molecule has 0 aliphatic heterocycles. The largest absolute Gasteiger partial charge is 0.369 e. The Balaban J connectivity index is 2.95. The average molecular weight is 260 g/mol. The average Bonchev–Trinajstić information content (AvgIpc) is 2.13. The lowest BCUT2D eigenvalue weighted by molar-refractivity contribution is -0.115. The Morgan fingerprint density at radius 2 is 1.82 bits per heavy atom. The molecule has 94 valence electrons. The summed E-state index contributed by atoms with van der Waals surface area (Å²) in [4.78, 5) is 10.5. The summed E-state index contributed by atoms with van der Waals surface area (Å²) in [6, 6.07) is 3.81. The molecule has 0 aliphatic carbocycles. The molecular formula is C10H13FN2O3S. The zero-order valence-corrected chi connectivity index (χ0v) is 9.84. The number of hydrogen-bond acceptors (Lipinski definition) is 4. The zero-order valence-electron chi connectivity index (χ0n) is 9.02. The molecule has 1 rings (SSSR count). The molecule has 4 N–H and O–H groups in total. The normalized spacial score (nSPS) is 11.4. The number of primary amides is 1. The van der Waals surface area contributed by atoms with Crippen LogP contribution in [0.5, 0.6) is 0 Å². The molecule has 1 amide bonds. The van der Waals surface area contributed by atoms with Crippen LogP contribution in [0.25, 0.3) is 0 Å². The van der Waals surface area contributed by atoms with Gasteiger partial charge in [0.1, 0.15) is 11.6 Å². The van der Waals surface area contributed by atoms with Crippen LogP contribution in [-0.4, -0.2) is 20.1 Å². The van der Waals surface area contributed by atoms with Gasteiger partial charge in [-0.15, -0.1) is 0 Å². The Labute approximate surface area is 98.5 Å². The smallest absolute Gasteiger partial charge is 0.232 e. The fourth-order valence-corrected chi connectivity index (χ4v) is 2.65. The summed E-state index contributed by atoms with van der Waals surface area (Å²) >= 11 is 0. The van der Waals surface area contributed by atoms with Gasteiger partial charge in [0, 0.05) is 6.54 Å². The molecule has 1 aromatic rings. The first-order chi connectivity index (χ1) is 7.82. The maximum absolute atomic E-state index is 13.1. The van der Waals surface area contributed by atoms with Gasteiger partial charge in [-0.3, -0.25) is 4.79 Å². The number of benzene rings is 1. The van der Waals surface area contributed by atoms with Crippen molar-refractivity contribution in [3.63, 3.8) is 0 Å². The first-order valence-electron chi connectivity index (χ1n) is 4.79. The molecule has 0 radical (unpaired) electrons.